The monoisotopic (exact) mass is 271 g/mol. The van der Waals surface area contributed by atoms with Gasteiger partial charge in [-0.3, -0.25) is 0 Å². The summed E-state index contributed by atoms with van der Waals surface area (Å²) in [5, 5.41) is 8.95. The number of anilines is 1. The number of hydrogen-bond donors (Lipinski definition) is 1. The Morgan fingerprint density at radius 2 is 1.74 bits per heavy atom. The molecule has 0 radical (unpaired) electrons. The Hall–Kier alpha value is -1.16. The van der Waals surface area contributed by atoms with Crippen molar-refractivity contribution in [2.24, 2.45) is 0 Å². The molecule has 0 unspecified atom stereocenters. The summed E-state index contributed by atoms with van der Waals surface area (Å²) in [7, 11) is 0. The van der Waals surface area contributed by atoms with E-state index in [1.165, 1.54) is 12.1 Å². The Morgan fingerprint density at radius 3 is 2.16 bits per heavy atom. The number of rotatable bonds is 7. The lowest BCUT2D eigenvalue weighted by Gasteiger charge is -2.30. The molecule has 0 aliphatic rings. The van der Waals surface area contributed by atoms with Gasteiger partial charge < -0.3 is 10.0 Å². The van der Waals surface area contributed by atoms with Gasteiger partial charge in [-0.05, 0) is 38.0 Å². The van der Waals surface area contributed by atoms with Gasteiger partial charge in [0.1, 0.15) is 17.3 Å². The lowest BCUT2D eigenvalue weighted by molar-refractivity contribution is 0.280. The van der Waals surface area contributed by atoms with Crippen molar-refractivity contribution in [3.63, 3.8) is 0 Å². The van der Waals surface area contributed by atoms with E-state index in [4.69, 9.17) is 5.11 Å². The van der Waals surface area contributed by atoms with Gasteiger partial charge in [0, 0.05) is 12.6 Å². The van der Waals surface area contributed by atoms with E-state index >= 15 is 0 Å². The van der Waals surface area contributed by atoms with Crippen molar-refractivity contribution in [3.8, 4) is 0 Å². The first-order chi connectivity index (χ1) is 9.01. The van der Waals surface area contributed by atoms with Crippen LogP contribution in [-0.2, 0) is 6.61 Å². The highest BCUT2D eigenvalue weighted by Gasteiger charge is 2.20. The molecule has 1 rings (SSSR count). The van der Waals surface area contributed by atoms with Gasteiger partial charge in [-0.25, -0.2) is 8.78 Å². The van der Waals surface area contributed by atoms with Crippen molar-refractivity contribution in [2.75, 3.05) is 11.4 Å². The third kappa shape index (κ3) is 4.16. The fourth-order valence-corrected chi connectivity index (χ4v) is 2.14. The Kier molecular flexibility index (Phi) is 6.22. The first-order valence-corrected chi connectivity index (χ1v) is 6.86. The molecular weight excluding hydrogens is 248 g/mol. The number of unbranched alkanes of at least 4 members (excludes halogenated alkanes) is 2. The van der Waals surface area contributed by atoms with Gasteiger partial charge >= 0.3 is 0 Å². The number of aliphatic hydroxyl groups excluding tert-OH is 1. The molecule has 0 amide bonds. The van der Waals surface area contributed by atoms with Crippen LogP contribution in [0, 0.1) is 11.6 Å². The van der Waals surface area contributed by atoms with E-state index in [2.05, 4.69) is 6.92 Å². The summed E-state index contributed by atoms with van der Waals surface area (Å²) in [6, 6.07) is 2.43. The van der Waals surface area contributed by atoms with Crippen molar-refractivity contribution >= 4 is 5.69 Å². The molecule has 0 fully saturated rings. The van der Waals surface area contributed by atoms with Gasteiger partial charge in [0.15, 0.2) is 0 Å². The second kappa shape index (κ2) is 7.43. The van der Waals surface area contributed by atoms with Crippen LogP contribution in [0.15, 0.2) is 12.1 Å². The average molecular weight is 271 g/mol. The number of aliphatic hydroxyl groups is 1. The van der Waals surface area contributed by atoms with E-state index in [0.29, 0.717) is 6.54 Å². The maximum Gasteiger partial charge on any atom is 0.149 e. The maximum absolute atomic E-state index is 14.0. The zero-order valence-corrected chi connectivity index (χ0v) is 11.9. The van der Waals surface area contributed by atoms with E-state index in [1.54, 1.807) is 4.90 Å². The number of hydrogen-bond acceptors (Lipinski definition) is 2. The molecule has 0 spiro atoms. The SMILES string of the molecule is CCCCCN(c1c(F)cc(CO)cc1F)C(C)C. The number of benzene rings is 1. The maximum atomic E-state index is 14.0. The summed E-state index contributed by atoms with van der Waals surface area (Å²) >= 11 is 0. The molecule has 0 heterocycles. The topological polar surface area (TPSA) is 23.5 Å². The van der Waals surface area contributed by atoms with Gasteiger partial charge in [-0.1, -0.05) is 19.8 Å². The molecule has 0 saturated carbocycles. The molecule has 0 aromatic heterocycles. The van der Waals surface area contributed by atoms with Crippen molar-refractivity contribution in [1.82, 2.24) is 0 Å². The van der Waals surface area contributed by atoms with Crippen LogP contribution >= 0.6 is 0 Å². The highest BCUT2D eigenvalue weighted by atomic mass is 19.1. The molecule has 108 valence electrons. The van der Waals surface area contributed by atoms with E-state index < -0.39 is 11.6 Å². The second-order valence-corrected chi connectivity index (χ2v) is 5.06. The normalized spacial score (nSPS) is 11.1. The van der Waals surface area contributed by atoms with Crippen LogP contribution < -0.4 is 4.90 Å². The first kappa shape index (κ1) is 15.9. The molecule has 0 aliphatic carbocycles. The summed E-state index contributed by atoms with van der Waals surface area (Å²) < 4.78 is 28.0. The van der Waals surface area contributed by atoms with E-state index in [0.717, 1.165) is 19.3 Å². The van der Waals surface area contributed by atoms with Crippen LogP contribution in [0.25, 0.3) is 0 Å². The zero-order chi connectivity index (χ0) is 14.4. The van der Waals surface area contributed by atoms with Crippen molar-refractivity contribution < 1.29 is 13.9 Å². The van der Waals surface area contributed by atoms with Gasteiger partial charge in [0.25, 0.3) is 0 Å². The molecule has 0 saturated heterocycles. The molecule has 2 nitrogen and oxygen atoms in total. The summed E-state index contributed by atoms with van der Waals surface area (Å²) in [5.74, 6) is -1.21. The Morgan fingerprint density at radius 1 is 1.16 bits per heavy atom. The molecule has 1 aromatic carbocycles. The fraction of sp³-hybridized carbons (Fsp3) is 0.600. The van der Waals surface area contributed by atoms with Crippen molar-refractivity contribution in [1.29, 1.82) is 0 Å². The minimum Gasteiger partial charge on any atom is -0.392 e. The third-order valence-electron chi connectivity index (χ3n) is 3.17. The molecule has 0 atom stereocenters. The quantitative estimate of drug-likeness (QED) is 0.761. The van der Waals surface area contributed by atoms with Gasteiger partial charge in [-0.15, -0.1) is 0 Å². The predicted octanol–water partition coefficient (Wildman–Crippen LogP) is 3.86. The average Bonchev–Trinajstić information content (AvgIpc) is 2.35. The number of nitrogens with zero attached hydrogens (tertiary/aromatic N) is 1. The molecule has 4 heteroatoms. The summed E-state index contributed by atoms with van der Waals surface area (Å²) in [6.45, 7) is 6.22. The molecule has 0 aliphatic heterocycles. The van der Waals surface area contributed by atoms with Crippen molar-refractivity contribution in [2.45, 2.75) is 52.7 Å². The minimum absolute atomic E-state index is 0.0169. The first-order valence-electron chi connectivity index (χ1n) is 6.86. The molecule has 0 bridgehead atoms. The molecule has 19 heavy (non-hydrogen) atoms. The van der Waals surface area contributed by atoms with Gasteiger partial charge in [-0.2, -0.15) is 0 Å². The smallest absolute Gasteiger partial charge is 0.149 e. The lowest BCUT2D eigenvalue weighted by atomic mass is 10.1. The van der Waals surface area contributed by atoms with Crippen LogP contribution in [0.2, 0.25) is 0 Å². The summed E-state index contributed by atoms with van der Waals surface area (Å²) in [4.78, 5) is 1.75. The minimum atomic E-state index is -0.603. The highest BCUT2D eigenvalue weighted by Crippen LogP contribution is 2.27. The van der Waals surface area contributed by atoms with E-state index in [9.17, 15) is 8.78 Å². The molecule has 1 N–H and O–H groups in total. The largest absolute Gasteiger partial charge is 0.392 e. The summed E-state index contributed by atoms with van der Waals surface area (Å²) in [6.07, 6.45) is 3.02. The predicted molar refractivity (Wildman–Crippen MR) is 74.3 cm³/mol. The van der Waals surface area contributed by atoms with Gasteiger partial charge in [0.2, 0.25) is 0 Å². The van der Waals surface area contributed by atoms with Crippen LogP contribution in [0.3, 0.4) is 0 Å². The van der Waals surface area contributed by atoms with E-state index in [-0.39, 0.29) is 23.9 Å². The second-order valence-electron chi connectivity index (χ2n) is 5.06. The van der Waals surface area contributed by atoms with Crippen LogP contribution in [0.1, 0.15) is 45.6 Å². The Balaban J connectivity index is 3.01. The van der Waals surface area contributed by atoms with Gasteiger partial charge in [0.05, 0.1) is 6.61 Å². The van der Waals surface area contributed by atoms with Crippen LogP contribution in [-0.4, -0.2) is 17.7 Å². The fourth-order valence-electron chi connectivity index (χ4n) is 2.14. The third-order valence-corrected chi connectivity index (χ3v) is 3.17. The van der Waals surface area contributed by atoms with Crippen LogP contribution in [0.4, 0.5) is 14.5 Å². The number of halogens is 2. The molecular formula is C15H23F2NO. The lowest BCUT2D eigenvalue weighted by Crippen LogP contribution is -2.33. The zero-order valence-electron chi connectivity index (χ0n) is 11.9. The molecule has 1 aromatic rings. The summed E-state index contributed by atoms with van der Waals surface area (Å²) in [5.41, 5.74) is 0.277. The Labute approximate surface area is 114 Å². The van der Waals surface area contributed by atoms with Crippen LogP contribution in [0.5, 0.6) is 0 Å². The highest BCUT2D eigenvalue weighted by molar-refractivity contribution is 5.51. The van der Waals surface area contributed by atoms with E-state index in [1.807, 2.05) is 13.8 Å². The van der Waals surface area contributed by atoms with Crippen molar-refractivity contribution in [3.05, 3.63) is 29.3 Å². The Bertz CT molecular complexity index is 384. The standard InChI is InChI=1S/C15H23F2NO/c1-4-5-6-7-18(11(2)3)15-13(16)8-12(10-19)9-14(15)17/h8-9,11,19H,4-7,10H2,1-3H3.